The number of carbonyl (C=O) groups is 1. The molecule has 2 atom stereocenters. The summed E-state index contributed by atoms with van der Waals surface area (Å²) in [4.78, 5) is 11.9. The van der Waals surface area contributed by atoms with Crippen LogP contribution >= 0.6 is 0 Å². The summed E-state index contributed by atoms with van der Waals surface area (Å²) in [6.07, 6.45) is -2.29. The SMILES string of the molecule is Cc1cc(F)ccc1[C@@]1(O)CCN(C(=O)O)C[C@@H]1O. The van der Waals surface area contributed by atoms with E-state index in [1.54, 1.807) is 6.92 Å². The van der Waals surface area contributed by atoms with Gasteiger partial charge in [-0.3, -0.25) is 0 Å². The van der Waals surface area contributed by atoms with Crippen molar-refractivity contribution in [1.82, 2.24) is 4.90 Å². The van der Waals surface area contributed by atoms with E-state index >= 15 is 0 Å². The van der Waals surface area contributed by atoms with Crippen molar-refractivity contribution in [3.8, 4) is 0 Å². The van der Waals surface area contributed by atoms with Gasteiger partial charge in [0, 0.05) is 13.0 Å². The fourth-order valence-corrected chi connectivity index (χ4v) is 2.52. The largest absolute Gasteiger partial charge is 0.465 e. The van der Waals surface area contributed by atoms with Crippen molar-refractivity contribution in [1.29, 1.82) is 0 Å². The van der Waals surface area contributed by atoms with Crippen LogP contribution < -0.4 is 0 Å². The van der Waals surface area contributed by atoms with E-state index in [0.717, 1.165) is 4.90 Å². The highest BCUT2D eigenvalue weighted by molar-refractivity contribution is 5.65. The number of rotatable bonds is 1. The van der Waals surface area contributed by atoms with Crippen molar-refractivity contribution in [2.45, 2.75) is 25.0 Å². The van der Waals surface area contributed by atoms with E-state index in [1.807, 2.05) is 0 Å². The summed E-state index contributed by atoms with van der Waals surface area (Å²) in [5, 5.41) is 29.5. The summed E-state index contributed by atoms with van der Waals surface area (Å²) in [6.45, 7) is 1.61. The van der Waals surface area contributed by atoms with Crippen LogP contribution in [0.1, 0.15) is 17.5 Å². The van der Waals surface area contributed by atoms with Crippen LogP contribution in [0.2, 0.25) is 0 Å². The van der Waals surface area contributed by atoms with Gasteiger partial charge in [0.05, 0.1) is 6.54 Å². The van der Waals surface area contributed by atoms with E-state index in [1.165, 1.54) is 18.2 Å². The normalized spacial score (nSPS) is 27.4. The first kappa shape index (κ1) is 13.8. The summed E-state index contributed by atoms with van der Waals surface area (Å²) in [5.41, 5.74) is -0.569. The molecule has 1 saturated heterocycles. The molecular weight excluding hydrogens is 253 g/mol. The van der Waals surface area contributed by atoms with Gasteiger partial charge < -0.3 is 20.2 Å². The maximum atomic E-state index is 13.1. The third-order valence-electron chi connectivity index (χ3n) is 3.63. The number of hydrogen-bond donors (Lipinski definition) is 3. The molecule has 2 rings (SSSR count). The molecule has 1 amide bonds. The summed E-state index contributed by atoms with van der Waals surface area (Å²) < 4.78 is 13.1. The third kappa shape index (κ3) is 2.41. The lowest BCUT2D eigenvalue weighted by Crippen LogP contribution is -2.55. The van der Waals surface area contributed by atoms with Gasteiger partial charge in [-0.25, -0.2) is 9.18 Å². The predicted octanol–water partition coefficient (Wildman–Crippen LogP) is 1.07. The van der Waals surface area contributed by atoms with Gasteiger partial charge in [0.1, 0.15) is 17.5 Å². The Kier molecular flexibility index (Phi) is 3.47. The number of piperidine rings is 1. The van der Waals surface area contributed by atoms with E-state index in [2.05, 4.69) is 0 Å². The zero-order chi connectivity index (χ0) is 14.2. The number of amides is 1. The lowest BCUT2D eigenvalue weighted by atomic mass is 9.80. The van der Waals surface area contributed by atoms with Crippen LogP contribution in [0.4, 0.5) is 9.18 Å². The molecule has 0 aromatic heterocycles. The average Bonchev–Trinajstić information content (AvgIpc) is 2.32. The molecule has 0 aliphatic carbocycles. The number of nitrogens with zero attached hydrogens (tertiary/aromatic N) is 1. The number of carboxylic acid groups (broad SMARTS) is 1. The van der Waals surface area contributed by atoms with Gasteiger partial charge in [0.25, 0.3) is 0 Å². The first-order valence-electron chi connectivity index (χ1n) is 5.99. The number of hydrogen-bond acceptors (Lipinski definition) is 3. The zero-order valence-electron chi connectivity index (χ0n) is 10.5. The number of β-amino-alcohol motifs (C(OH)–C–C–N with tert-alkyl or cyclic N) is 1. The van der Waals surface area contributed by atoms with Gasteiger partial charge in [-0.05, 0) is 30.2 Å². The van der Waals surface area contributed by atoms with Crippen LogP contribution in [-0.2, 0) is 5.60 Å². The lowest BCUT2D eigenvalue weighted by molar-refractivity contribution is -0.119. The first-order valence-corrected chi connectivity index (χ1v) is 5.99. The molecule has 1 aromatic rings. The number of benzene rings is 1. The van der Waals surface area contributed by atoms with Crippen molar-refractivity contribution in [2.24, 2.45) is 0 Å². The second-order valence-electron chi connectivity index (χ2n) is 4.88. The van der Waals surface area contributed by atoms with Gasteiger partial charge in [0.2, 0.25) is 0 Å². The summed E-state index contributed by atoms with van der Waals surface area (Å²) >= 11 is 0. The van der Waals surface area contributed by atoms with E-state index < -0.39 is 23.6 Å². The molecule has 1 fully saturated rings. The van der Waals surface area contributed by atoms with Crippen molar-refractivity contribution in [3.05, 3.63) is 35.1 Å². The monoisotopic (exact) mass is 269 g/mol. The number of aliphatic hydroxyl groups excluding tert-OH is 1. The Bertz CT molecular complexity index is 507. The molecule has 6 heteroatoms. The molecular formula is C13H16FNO4. The van der Waals surface area contributed by atoms with E-state index in [-0.39, 0.29) is 19.5 Å². The maximum Gasteiger partial charge on any atom is 0.407 e. The minimum Gasteiger partial charge on any atom is -0.465 e. The van der Waals surface area contributed by atoms with Gasteiger partial charge in [0.15, 0.2) is 0 Å². The van der Waals surface area contributed by atoms with E-state index in [9.17, 15) is 19.4 Å². The van der Waals surface area contributed by atoms with E-state index in [0.29, 0.717) is 11.1 Å². The number of aliphatic hydroxyl groups is 2. The smallest absolute Gasteiger partial charge is 0.407 e. The minimum absolute atomic E-state index is 0.0763. The van der Waals surface area contributed by atoms with Gasteiger partial charge in [-0.15, -0.1) is 0 Å². The Morgan fingerprint density at radius 1 is 1.53 bits per heavy atom. The second kappa shape index (κ2) is 4.79. The van der Waals surface area contributed by atoms with Crippen LogP contribution in [0.3, 0.4) is 0 Å². The predicted molar refractivity (Wildman–Crippen MR) is 65.3 cm³/mol. The summed E-state index contributed by atoms with van der Waals surface area (Å²) in [5.74, 6) is -0.415. The Balaban J connectivity index is 2.30. The molecule has 19 heavy (non-hydrogen) atoms. The Morgan fingerprint density at radius 2 is 2.21 bits per heavy atom. The minimum atomic E-state index is -1.54. The summed E-state index contributed by atoms with van der Waals surface area (Å²) in [6, 6.07) is 3.94. The molecule has 0 saturated carbocycles. The molecule has 1 aromatic carbocycles. The van der Waals surface area contributed by atoms with Crippen molar-refractivity contribution in [3.63, 3.8) is 0 Å². The van der Waals surface area contributed by atoms with Crippen LogP contribution in [0.25, 0.3) is 0 Å². The highest BCUT2D eigenvalue weighted by atomic mass is 19.1. The maximum absolute atomic E-state index is 13.1. The molecule has 104 valence electrons. The molecule has 1 aliphatic rings. The molecule has 5 nitrogen and oxygen atoms in total. The lowest BCUT2D eigenvalue weighted by Gasteiger charge is -2.42. The van der Waals surface area contributed by atoms with Crippen LogP contribution in [0.15, 0.2) is 18.2 Å². The van der Waals surface area contributed by atoms with Crippen LogP contribution in [0.5, 0.6) is 0 Å². The summed E-state index contributed by atoms with van der Waals surface area (Å²) in [7, 11) is 0. The van der Waals surface area contributed by atoms with Crippen LogP contribution in [0, 0.1) is 12.7 Å². The first-order chi connectivity index (χ1) is 8.84. The Labute approximate surface area is 109 Å². The van der Waals surface area contributed by atoms with Crippen molar-refractivity contribution in [2.75, 3.05) is 13.1 Å². The molecule has 1 heterocycles. The fourth-order valence-electron chi connectivity index (χ4n) is 2.52. The van der Waals surface area contributed by atoms with Crippen molar-refractivity contribution >= 4 is 6.09 Å². The number of aryl methyl sites for hydroxylation is 1. The Hall–Kier alpha value is -1.66. The molecule has 0 unspecified atom stereocenters. The zero-order valence-corrected chi connectivity index (χ0v) is 10.5. The highest BCUT2D eigenvalue weighted by Gasteiger charge is 2.44. The van der Waals surface area contributed by atoms with Gasteiger partial charge in [-0.2, -0.15) is 0 Å². The van der Waals surface area contributed by atoms with Gasteiger partial charge >= 0.3 is 6.09 Å². The molecule has 1 aliphatic heterocycles. The molecule has 0 radical (unpaired) electrons. The molecule has 0 spiro atoms. The fraction of sp³-hybridized carbons (Fsp3) is 0.462. The highest BCUT2D eigenvalue weighted by Crippen LogP contribution is 2.35. The van der Waals surface area contributed by atoms with E-state index in [4.69, 9.17) is 5.11 Å². The average molecular weight is 269 g/mol. The molecule has 0 bridgehead atoms. The Morgan fingerprint density at radius 3 is 2.74 bits per heavy atom. The van der Waals surface area contributed by atoms with Crippen LogP contribution in [-0.4, -0.2) is 45.5 Å². The molecule has 3 N–H and O–H groups in total. The number of likely N-dealkylation sites (tertiary alicyclic amines) is 1. The quantitative estimate of drug-likeness (QED) is 0.712. The third-order valence-corrected chi connectivity index (χ3v) is 3.63. The number of halogens is 1. The van der Waals surface area contributed by atoms with Crippen molar-refractivity contribution < 1.29 is 24.5 Å². The standard InChI is InChI=1S/C13H16FNO4/c1-8-6-9(14)2-3-10(8)13(19)4-5-15(12(17)18)7-11(13)16/h2-3,6,11,16,19H,4-5,7H2,1H3,(H,17,18)/t11-,13-/m0/s1. The topological polar surface area (TPSA) is 81.0 Å². The second-order valence-corrected chi connectivity index (χ2v) is 4.88. The van der Waals surface area contributed by atoms with Gasteiger partial charge in [-0.1, -0.05) is 6.07 Å².